The van der Waals surface area contributed by atoms with E-state index in [1.165, 1.54) is 16.8 Å². The number of carbonyl (C=O) groups excluding carboxylic acids is 1. The van der Waals surface area contributed by atoms with Crippen LogP contribution in [0.15, 0.2) is 42.5 Å². The molecule has 154 valence electrons. The Morgan fingerprint density at radius 3 is 2.45 bits per heavy atom. The van der Waals surface area contributed by atoms with Crippen LogP contribution in [0.2, 0.25) is 5.02 Å². The van der Waals surface area contributed by atoms with Crippen molar-refractivity contribution >= 4 is 28.4 Å². The fourth-order valence-corrected chi connectivity index (χ4v) is 3.97. The summed E-state index contributed by atoms with van der Waals surface area (Å²) in [7, 11) is 4.08. The molecule has 1 N–H and O–H groups in total. The Bertz CT molecular complexity index is 1010. The van der Waals surface area contributed by atoms with Gasteiger partial charge in [-0.05, 0) is 89.3 Å². The van der Waals surface area contributed by atoms with Crippen LogP contribution in [-0.4, -0.2) is 36.0 Å². The van der Waals surface area contributed by atoms with Crippen LogP contribution in [0.5, 0.6) is 0 Å². The van der Waals surface area contributed by atoms with Gasteiger partial charge in [-0.1, -0.05) is 23.7 Å². The van der Waals surface area contributed by atoms with Crippen LogP contribution < -0.4 is 5.32 Å². The van der Waals surface area contributed by atoms with E-state index in [4.69, 9.17) is 11.6 Å². The number of aromatic nitrogens is 1. The minimum atomic E-state index is -0.0686. The van der Waals surface area contributed by atoms with Crippen LogP contribution >= 0.6 is 11.6 Å². The van der Waals surface area contributed by atoms with E-state index in [0.29, 0.717) is 10.6 Å². The number of nitrogens with one attached hydrogen (secondary N) is 1. The first kappa shape index (κ1) is 21.4. The number of hydrogen-bond donors (Lipinski definition) is 1. The zero-order chi connectivity index (χ0) is 21.1. The standard InChI is InChI=1S/C24H30ClN3O/c1-6-28-17(3)16(2)21-15-19(9-12-23(21)28)24(29)26-22(13-14-27(4)5)18-7-10-20(25)11-8-18/h7-12,15,22H,6,13-14H2,1-5H3,(H,26,29). The summed E-state index contributed by atoms with van der Waals surface area (Å²) in [5.41, 5.74) is 5.43. The lowest BCUT2D eigenvalue weighted by atomic mass is 10.0. The Labute approximate surface area is 178 Å². The first-order valence-electron chi connectivity index (χ1n) is 10.1. The Hall–Kier alpha value is -2.30. The van der Waals surface area contributed by atoms with Crippen LogP contribution in [0.4, 0.5) is 0 Å². The Kier molecular flexibility index (Phi) is 6.66. The second-order valence-electron chi connectivity index (χ2n) is 7.86. The molecule has 0 bridgehead atoms. The molecule has 3 rings (SSSR count). The van der Waals surface area contributed by atoms with E-state index in [2.05, 4.69) is 41.6 Å². The van der Waals surface area contributed by atoms with E-state index in [1.807, 2.05) is 50.5 Å². The van der Waals surface area contributed by atoms with Crippen LogP contribution in [-0.2, 0) is 6.54 Å². The molecule has 0 aliphatic heterocycles. The summed E-state index contributed by atoms with van der Waals surface area (Å²) in [6, 6.07) is 13.7. The summed E-state index contributed by atoms with van der Waals surface area (Å²) < 4.78 is 2.29. The molecule has 0 radical (unpaired) electrons. The highest BCUT2D eigenvalue weighted by atomic mass is 35.5. The Morgan fingerprint density at radius 1 is 1.14 bits per heavy atom. The van der Waals surface area contributed by atoms with E-state index in [9.17, 15) is 4.79 Å². The molecule has 0 spiro atoms. The molecule has 4 nitrogen and oxygen atoms in total. The molecule has 1 amide bonds. The van der Waals surface area contributed by atoms with Gasteiger partial charge in [0.15, 0.2) is 0 Å². The SMILES string of the molecule is CCn1c(C)c(C)c2cc(C(=O)NC(CCN(C)C)c3ccc(Cl)cc3)ccc21. The Morgan fingerprint density at radius 2 is 1.83 bits per heavy atom. The van der Waals surface area contributed by atoms with Gasteiger partial charge in [-0.2, -0.15) is 0 Å². The highest BCUT2D eigenvalue weighted by Crippen LogP contribution is 2.27. The van der Waals surface area contributed by atoms with Crippen molar-refractivity contribution < 1.29 is 4.79 Å². The molecule has 29 heavy (non-hydrogen) atoms. The normalized spacial score (nSPS) is 12.5. The molecule has 0 aliphatic rings. The molecule has 0 saturated heterocycles. The molecular formula is C24H30ClN3O. The fraction of sp³-hybridized carbons (Fsp3) is 0.375. The monoisotopic (exact) mass is 411 g/mol. The third-order valence-corrected chi connectivity index (χ3v) is 5.91. The Balaban J connectivity index is 1.88. The van der Waals surface area contributed by atoms with E-state index < -0.39 is 0 Å². The number of carbonyl (C=O) groups is 1. The maximum Gasteiger partial charge on any atom is 0.251 e. The first-order chi connectivity index (χ1) is 13.8. The van der Waals surface area contributed by atoms with Gasteiger partial charge in [0, 0.05) is 33.7 Å². The van der Waals surface area contributed by atoms with E-state index in [0.717, 1.165) is 30.5 Å². The predicted octanol–water partition coefficient (Wildman–Crippen LogP) is 5.35. The van der Waals surface area contributed by atoms with Gasteiger partial charge in [0.2, 0.25) is 0 Å². The van der Waals surface area contributed by atoms with Crippen molar-refractivity contribution in [2.75, 3.05) is 20.6 Å². The molecule has 1 unspecified atom stereocenters. The van der Waals surface area contributed by atoms with Gasteiger partial charge in [-0.15, -0.1) is 0 Å². The third-order valence-electron chi connectivity index (χ3n) is 5.66. The number of rotatable bonds is 7. The van der Waals surface area contributed by atoms with Crippen molar-refractivity contribution in [1.29, 1.82) is 0 Å². The number of aryl methyl sites for hydroxylation is 2. The van der Waals surface area contributed by atoms with E-state index >= 15 is 0 Å². The molecule has 1 aromatic heterocycles. The van der Waals surface area contributed by atoms with Gasteiger partial charge in [-0.25, -0.2) is 0 Å². The number of fused-ring (bicyclic) bond motifs is 1. The average Bonchev–Trinajstić information content (AvgIpc) is 2.95. The second-order valence-corrected chi connectivity index (χ2v) is 8.29. The smallest absolute Gasteiger partial charge is 0.251 e. The summed E-state index contributed by atoms with van der Waals surface area (Å²) in [6.07, 6.45) is 0.826. The van der Waals surface area contributed by atoms with Gasteiger partial charge in [0.05, 0.1) is 6.04 Å². The van der Waals surface area contributed by atoms with Gasteiger partial charge in [0.25, 0.3) is 5.91 Å². The zero-order valence-corrected chi connectivity index (χ0v) is 18.7. The third kappa shape index (κ3) is 4.65. The van der Waals surface area contributed by atoms with Crippen LogP contribution in [0.3, 0.4) is 0 Å². The van der Waals surface area contributed by atoms with Crippen molar-refractivity contribution in [3.8, 4) is 0 Å². The maximum atomic E-state index is 13.1. The van der Waals surface area contributed by atoms with Crippen LogP contribution in [0.1, 0.15) is 46.6 Å². The largest absolute Gasteiger partial charge is 0.345 e. The minimum absolute atomic E-state index is 0.0492. The van der Waals surface area contributed by atoms with Crippen LogP contribution in [0.25, 0.3) is 10.9 Å². The molecule has 1 heterocycles. The summed E-state index contributed by atoms with van der Waals surface area (Å²) >= 11 is 6.04. The molecule has 5 heteroatoms. The molecule has 0 saturated carbocycles. The maximum absolute atomic E-state index is 13.1. The molecule has 0 aliphatic carbocycles. The lowest BCUT2D eigenvalue weighted by Crippen LogP contribution is -2.31. The highest BCUT2D eigenvalue weighted by molar-refractivity contribution is 6.30. The van der Waals surface area contributed by atoms with Crippen molar-refractivity contribution in [2.24, 2.45) is 0 Å². The van der Waals surface area contributed by atoms with Crippen LogP contribution in [0, 0.1) is 13.8 Å². The quantitative estimate of drug-likeness (QED) is 0.568. The first-order valence-corrected chi connectivity index (χ1v) is 10.5. The minimum Gasteiger partial charge on any atom is -0.345 e. The number of benzene rings is 2. The van der Waals surface area contributed by atoms with Gasteiger partial charge in [-0.3, -0.25) is 4.79 Å². The molecule has 0 fully saturated rings. The van der Waals surface area contributed by atoms with Crippen molar-refractivity contribution in [3.05, 3.63) is 69.9 Å². The fourth-order valence-electron chi connectivity index (χ4n) is 3.84. The molecule has 2 aromatic carbocycles. The average molecular weight is 412 g/mol. The number of amides is 1. The van der Waals surface area contributed by atoms with Crippen molar-refractivity contribution in [1.82, 2.24) is 14.8 Å². The molecular weight excluding hydrogens is 382 g/mol. The summed E-state index contributed by atoms with van der Waals surface area (Å²) in [6.45, 7) is 8.21. The van der Waals surface area contributed by atoms with E-state index in [1.54, 1.807) is 0 Å². The van der Waals surface area contributed by atoms with Gasteiger partial charge < -0.3 is 14.8 Å². The summed E-state index contributed by atoms with van der Waals surface area (Å²) in [5.74, 6) is -0.0492. The van der Waals surface area contributed by atoms with Gasteiger partial charge in [0.1, 0.15) is 0 Å². The number of nitrogens with zero attached hydrogens (tertiary/aromatic N) is 2. The van der Waals surface area contributed by atoms with Crippen molar-refractivity contribution in [3.63, 3.8) is 0 Å². The number of halogens is 1. The molecule has 1 atom stereocenters. The summed E-state index contributed by atoms with van der Waals surface area (Å²) in [4.78, 5) is 15.2. The zero-order valence-electron chi connectivity index (χ0n) is 17.9. The predicted molar refractivity (Wildman–Crippen MR) is 122 cm³/mol. The number of hydrogen-bond acceptors (Lipinski definition) is 2. The lowest BCUT2D eigenvalue weighted by molar-refractivity contribution is 0.0933. The van der Waals surface area contributed by atoms with Crippen molar-refractivity contribution in [2.45, 2.75) is 39.8 Å². The second kappa shape index (κ2) is 9.02. The molecule has 3 aromatic rings. The lowest BCUT2D eigenvalue weighted by Gasteiger charge is -2.21. The van der Waals surface area contributed by atoms with Gasteiger partial charge >= 0.3 is 0 Å². The topological polar surface area (TPSA) is 37.3 Å². The summed E-state index contributed by atoms with van der Waals surface area (Å²) in [5, 5.41) is 5.07. The van der Waals surface area contributed by atoms with E-state index in [-0.39, 0.29) is 11.9 Å². The highest BCUT2D eigenvalue weighted by Gasteiger charge is 2.18.